The van der Waals surface area contributed by atoms with E-state index in [0.717, 1.165) is 25.2 Å². The Hall–Kier alpha value is -0.870. The van der Waals surface area contributed by atoms with Crippen molar-refractivity contribution in [1.29, 1.82) is 0 Å². The van der Waals surface area contributed by atoms with Crippen LogP contribution in [0.15, 0.2) is 6.07 Å². The van der Waals surface area contributed by atoms with Crippen molar-refractivity contribution >= 4 is 11.6 Å². The highest BCUT2D eigenvalue weighted by Gasteiger charge is 2.21. The second-order valence-corrected chi connectivity index (χ2v) is 4.64. The molecule has 2 heterocycles. The van der Waals surface area contributed by atoms with Crippen molar-refractivity contribution in [3.63, 3.8) is 0 Å². The first-order valence-electron chi connectivity index (χ1n) is 5.46. The molecule has 1 aliphatic rings. The van der Waals surface area contributed by atoms with Crippen molar-refractivity contribution in [2.75, 3.05) is 27.2 Å². The zero-order valence-electron chi connectivity index (χ0n) is 9.61. The molecule has 0 spiro atoms. The minimum Gasteiger partial charge on any atom is -0.479 e. The average Bonchev–Trinajstić information content (AvgIpc) is 2.29. The summed E-state index contributed by atoms with van der Waals surface area (Å²) in [6.45, 7) is 2.19. The largest absolute Gasteiger partial charge is 0.479 e. The van der Waals surface area contributed by atoms with Gasteiger partial charge in [0, 0.05) is 12.5 Å². The van der Waals surface area contributed by atoms with Crippen LogP contribution in [-0.2, 0) is 0 Å². The molecule has 1 atom stereocenters. The molecule has 0 radical (unpaired) electrons. The van der Waals surface area contributed by atoms with Gasteiger partial charge in [0.2, 0.25) is 0 Å². The third-order valence-electron chi connectivity index (χ3n) is 2.97. The number of methoxy groups -OCH3 is 1. The summed E-state index contributed by atoms with van der Waals surface area (Å²) in [5.41, 5.74) is 0.970. The molecule has 1 fully saturated rings. The molecular formula is C11H16ClN3O. The van der Waals surface area contributed by atoms with E-state index in [-0.39, 0.29) is 0 Å². The Bertz CT molecular complexity index is 372. The average molecular weight is 242 g/mol. The van der Waals surface area contributed by atoms with Crippen LogP contribution in [0.4, 0.5) is 0 Å². The SMILES string of the molecule is COc1nnc(C2CCCN(C)C2)cc1Cl. The Kier molecular flexibility index (Phi) is 3.61. The molecule has 0 aliphatic carbocycles. The molecule has 4 nitrogen and oxygen atoms in total. The normalized spacial score (nSPS) is 22.1. The van der Waals surface area contributed by atoms with Gasteiger partial charge < -0.3 is 9.64 Å². The van der Waals surface area contributed by atoms with E-state index in [0.29, 0.717) is 16.8 Å². The van der Waals surface area contributed by atoms with E-state index in [1.165, 1.54) is 6.42 Å². The number of hydrogen-bond donors (Lipinski definition) is 0. The molecule has 0 N–H and O–H groups in total. The Morgan fingerprint density at radius 2 is 2.31 bits per heavy atom. The monoisotopic (exact) mass is 241 g/mol. The van der Waals surface area contributed by atoms with Crippen molar-refractivity contribution in [1.82, 2.24) is 15.1 Å². The molecule has 0 saturated carbocycles. The molecule has 2 rings (SSSR count). The molecule has 0 aromatic carbocycles. The Balaban J connectivity index is 2.17. The quantitative estimate of drug-likeness (QED) is 0.793. The van der Waals surface area contributed by atoms with Crippen LogP contribution in [0.1, 0.15) is 24.5 Å². The first-order chi connectivity index (χ1) is 7.70. The first-order valence-corrected chi connectivity index (χ1v) is 5.84. The first kappa shape index (κ1) is 11.6. The van der Waals surface area contributed by atoms with Crippen LogP contribution >= 0.6 is 11.6 Å². The highest BCUT2D eigenvalue weighted by Crippen LogP contribution is 2.28. The van der Waals surface area contributed by atoms with Gasteiger partial charge in [0.1, 0.15) is 5.02 Å². The minimum absolute atomic E-state index is 0.398. The Labute approximate surface area is 101 Å². The molecule has 16 heavy (non-hydrogen) atoms. The number of rotatable bonds is 2. The molecule has 1 aliphatic heterocycles. The highest BCUT2D eigenvalue weighted by atomic mass is 35.5. The number of nitrogens with zero attached hydrogens (tertiary/aromatic N) is 3. The summed E-state index contributed by atoms with van der Waals surface area (Å²) < 4.78 is 4.99. The zero-order valence-corrected chi connectivity index (χ0v) is 10.4. The van der Waals surface area contributed by atoms with Crippen LogP contribution in [0.2, 0.25) is 5.02 Å². The number of aromatic nitrogens is 2. The van der Waals surface area contributed by atoms with Crippen LogP contribution < -0.4 is 4.74 Å². The molecule has 1 saturated heterocycles. The second kappa shape index (κ2) is 4.97. The molecule has 0 amide bonds. The summed E-state index contributed by atoms with van der Waals surface area (Å²) >= 11 is 6.04. The predicted octanol–water partition coefficient (Wildman–Crippen LogP) is 1.95. The van der Waals surface area contributed by atoms with E-state index in [2.05, 4.69) is 22.1 Å². The molecule has 5 heteroatoms. The van der Waals surface area contributed by atoms with Gasteiger partial charge in [-0.25, -0.2) is 0 Å². The fourth-order valence-electron chi connectivity index (χ4n) is 2.12. The predicted molar refractivity (Wildman–Crippen MR) is 63.1 cm³/mol. The molecular weight excluding hydrogens is 226 g/mol. The van der Waals surface area contributed by atoms with E-state index < -0.39 is 0 Å². The van der Waals surface area contributed by atoms with Gasteiger partial charge in [0.25, 0.3) is 5.88 Å². The van der Waals surface area contributed by atoms with Crippen LogP contribution in [0.5, 0.6) is 5.88 Å². The van der Waals surface area contributed by atoms with Gasteiger partial charge in [-0.15, -0.1) is 5.10 Å². The molecule has 1 aromatic heterocycles. The van der Waals surface area contributed by atoms with E-state index in [1.54, 1.807) is 7.11 Å². The summed E-state index contributed by atoms with van der Waals surface area (Å²) in [6, 6.07) is 1.87. The number of likely N-dealkylation sites (N-methyl/N-ethyl adjacent to an activating group) is 1. The van der Waals surface area contributed by atoms with Crippen LogP contribution in [0, 0.1) is 0 Å². The molecule has 88 valence electrons. The fraction of sp³-hybridized carbons (Fsp3) is 0.636. The lowest BCUT2D eigenvalue weighted by atomic mass is 9.95. The summed E-state index contributed by atoms with van der Waals surface area (Å²) in [5, 5.41) is 8.70. The topological polar surface area (TPSA) is 38.3 Å². The lowest BCUT2D eigenvalue weighted by Gasteiger charge is -2.29. The minimum atomic E-state index is 0.398. The lowest BCUT2D eigenvalue weighted by molar-refractivity contribution is 0.247. The molecule has 1 aromatic rings. The van der Waals surface area contributed by atoms with Crippen LogP contribution in [0.25, 0.3) is 0 Å². The summed E-state index contributed by atoms with van der Waals surface area (Å²) in [7, 11) is 3.68. The van der Waals surface area contributed by atoms with Crippen molar-refractivity contribution in [2.24, 2.45) is 0 Å². The standard InChI is InChI=1S/C11H16ClN3O/c1-15-5-3-4-8(7-15)10-6-9(12)11(16-2)14-13-10/h6,8H,3-5,7H2,1-2H3. The number of piperidine rings is 1. The third kappa shape index (κ3) is 2.44. The summed E-state index contributed by atoms with van der Waals surface area (Å²) in [6.07, 6.45) is 2.36. The van der Waals surface area contributed by atoms with Gasteiger partial charge in [-0.3, -0.25) is 0 Å². The van der Waals surface area contributed by atoms with E-state index in [9.17, 15) is 0 Å². The van der Waals surface area contributed by atoms with E-state index in [4.69, 9.17) is 16.3 Å². The van der Waals surface area contributed by atoms with Gasteiger partial charge >= 0.3 is 0 Å². The van der Waals surface area contributed by atoms with E-state index in [1.807, 2.05) is 6.07 Å². The van der Waals surface area contributed by atoms with Crippen LogP contribution in [-0.4, -0.2) is 42.3 Å². The highest BCUT2D eigenvalue weighted by molar-refractivity contribution is 6.31. The summed E-state index contributed by atoms with van der Waals surface area (Å²) in [4.78, 5) is 2.31. The van der Waals surface area contributed by atoms with Crippen molar-refractivity contribution in [3.05, 3.63) is 16.8 Å². The van der Waals surface area contributed by atoms with Gasteiger partial charge in [-0.2, -0.15) is 5.10 Å². The molecule has 0 bridgehead atoms. The van der Waals surface area contributed by atoms with Gasteiger partial charge in [0.15, 0.2) is 0 Å². The Morgan fingerprint density at radius 1 is 1.50 bits per heavy atom. The zero-order chi connectivity index (χ0) is 11.5. The summed E-state index contributed by atoms with van der Waals surface area (Å²) in [5.74, 6) is 0.837. The van der Waals surface area contributed by atoms with E-state index >= 15 is 0 Å². The maximum Gasteiger partial charge on any atom is 0.252 e. The smallest absolute Gasteiger partial charge is 0.252 e. The third-order valence-corrected chi connectivity index (χ3v) is 3.24. The van der Waals surface area contributed by atoms with Crippen molar-refractivity contribution in [3.8, 4) is 5.88 Å². The van der Waals surface area contributed by atoms with Crippen LogP contribution in [0.3, 0.4) is 0 Å². The lowest BCUT2D eigenvalue weighted by Crippen LogP contribution is -2.31. The number of ether oxygens (including phenoxy) is 1. The number of hydrogen-bond acceptors (Lipinski definition) is 4. The van der Waals surface area contributed by atoms with Crippen molar-refractivity contribution < 1.29 is 4.74 Å². The number of halogens is 1. The molecule has 1 unspecified atom stereocenters. The van der Waals surface area contributed by atoms with Gasteiger partial charge in [-0.05, 0) is 32.5 Å². The maximum atomic E-state index is 6.04. The number of likely N-dealkylation sites (tertiary alicyclic amines) is 1. The van der Waals surface area contributed by atoms with Crippen molar-refractivity contribution in [2.45, 2.75) is 18.8 Å². The van der Waals surface area contributed by atoms with Gasteiger partial charge in [0.05, 0.1) is 12.8 Å². The fourth-order valence-corrected chi connectivity index (χ4v) is 2.34. The second-order valence-electron chi connectivity index (χ2n) is 4.23. The van der Waals surface area contributed by atoms with Gasteiger partial charge in [-0.1, -0.05) is 11.6 Å². The Morgan fingerprint density at radius 3 is 2.94 bits per heavy atom. The maximum absolute atomic E-state index is 6.04.